The molecule has 0 fully saturated rings. The highest BCUT2D eigenvalue weighted by molar-refractivity contribution is 5.83. The molecule has 1 heterocycles. The van der Waals surface area contributed by atoms with Gasteiger partial charge in [-0.3, -0.25) is 4.79 Å². The number of nitrogens with one attached hydrogen (secondary N) is 1. The van der Waals surface area contributed by atoms with E-state index in [2.05, 4.69) is 5.32 Å². The molecule has 1 aromatic carbocycles. The van der Waals surface area contributed by atoms with Gasteiger partial charge >= 0.3 is 0 Å². The second kappa shape index (κ2) is 5.23. The number of aliphatic hydroxyl groups excluding tert-OH is 1. The summed E-state index contributed by atoms with van der Waals surface area (Å²) in [7, 11) is 0. The molecule has 0 unspecified atom stereocenters. The molecule has 18 heavy (non-hydrogen) atoms. The Morgan fingerprint density at radius 3 is 2.83 bits per heavy atom. The highest BCUT2D eigenvalue weighted by Crippen LogP contribution is 2.17. The van der Waals surface area contributed by atoms with Crippen molar-refractivity contribution in [3.8, 4) is 0 Å². The van der Waals surface area contributed by atoms with Crippen LogP contribution in [0.5, 0.6) is 0 Å². The topological polar surface area (TPSA) is 54.3 Å². The SMILES string of the molecule is CC(C)NC(=O)Cn1ccc2cc(CO)ccc21. The number of carbonyl (C=O) groups is 1. The number of aliphatic hydroxyl groups is 1. The summed E-state index contributed by atoms with van der Waals surface area (Å²) in [4.78, 5) is 11.7. The number of hydrogen-bond acceptors (Lipinski definition) is 2. The van der Waals surface area contributed by atoms with Crippen molar-refractivity contribution in [1.82, 2.24) is 9.88 Å². The van der Waals surface area contributed by atoms with Gasteiger partial charge < -0.3 is 15.0 Å². The lowest BCUT2D eigenvalue weighted by Gasteiger charge is -2.10. The first kappa shape index (κ1) is 12.6. The molecule has 0 bridgehead atoms. The molecular weight excluding hydrogens is 228 g/mol. The van der Waals surface area contributed by atoms with Gasteiger partial charge in [-0.2, -0.15) is 0 Å². The number of amides is 1. The Morgan fingerprint density at radius 2 is 2.17 bits per heavy atom. The third kappa shape index (κ3) is 2.71. The van der Waals surface area contributed by atoms with Crippen molar-refractivity contribution < 1.29 is 9.90 Å². The van der Waals surface area contributed by atoms with E-state index in [0.717, 1.165) is 16.5 Å². The van der Waals surface area contributed by atoms with Crippen LogP contribution in [-0.2, 0) is 17.9 Å². The van der Waals surface area contributed by atoms with Crippen LogP contribution < -0.4 is 5.32 Å². The normalized spacial score (nSPS) is 11.1. The van der Waals surface area contributed by atoms with Crippen LogP contribution in [0, 0.1) is 0 Å². The molecule has 96 valence electrons. The van der Waals surface area contributed by atoms with Gasteiger partial charge in [-0.05, 0) is 43.0 Å². The van der Waals surface area contributed by atoms with E-state index in [-0.39, 0.29) is 18.6 Å². The standard InChI is InChI=1S/C14H18N2O2/c1-10(2)15-14(18)8-16-6-5-12-7-11(9-17)3-4-13(12)16/h3-7,10,17H,8-9H2,1-2H3,(H,15,18). The van der Waals surface area contributed by atoms with Gasteiger partial charge in [0.1, 0.15) is 6.54 Å². The average Bonchev–Trinajstić information content (AvgIpc) is 2.70. The molecule has 1 amide bonds. The molecule has 4 heteroatoms. The van der Waals surface area contributed by atoms with Gasteiger partial charge in [0.05, 0.1) is 6.61 Å². The molecule has 0 atom stereocenters. The summed E-state index contributed by atoms with van der Waals surface area (Å²) in [5, 5.41) is 13.0. The van der Waals surface area contributed by atoms with Gasteiger partial charge in [0.15, 0.2) is 0 Å². The number of nitrogens with zero attached hydrogens (tertiary/aromatic N) is 1. The third-order valence-electron chi connectivity index (χ3n) is 2.78. The first-order valence-corrected chi connectivity index (χ1v) is 6.08. The zero-order chi connectivity index (χ0) is 13.1. The van der Waals surface area contributed by atoms with Gasteiger partial charge in [0, 0.05) is 17.8 Å². The number of fused-ring (bicyclic) bond motifs is 1. The van der Waals surface area contributed by atoms with Crippen LogP contribution in [0.2, 0.25) is 0 Å². The van der Waals surface area contributed by atoms with Crippen LogP contribution in [0.3, 0.4) is 0 Å². The first-order chi connectivity index (χ1) is 8.60. The van der Waals surface area contributed by atoms with Crippen LogP contribution in [0.1, 0.15) is 19.4 Å². The summed E-state index contributed by atoms with van der Waals surface area (Å²) in [6.45, 7) is 4.24. The predicted molar refractivity (Wildman–Crippen MR) is 71.1 cm³/mol. The molecule has 0 spiro atoms. The maximum atomic E-state index is 11.7. The van der Waals surface area contributed by atoms with Crippen LogP contribution >= 0.6 is 0 Å². The second-order valence-electron chi connectivity index (χ2n) is 4.72. The fraction of sp³-hybridized carbons (Fsp3) is 0.357. The Bertz CT molecular complexity index is 558. The van der Waals surface area contributed by atoms with Crippen molar-refractivity contribution in [3.63, 3.8) is 0 Å². The Balaban J connectivity index is 2.22. The van der Waals surface area contributed by atoms with Crippen LogP contribution in [-0.4, -0.2) is 21.6 Å². The van der Waals surface area contributed by atoms with Gasteiger partial charge in [0.25, 0.3) is 0 Å². The molecule has 2 aromatic rings. The molecular formula is C14H18N2O2. The van der Waals surface area contributed by atoms with E-state index < -0.39 is 0 Å². The summed E-state index contributed by atoms with van der Waals surface area (Å²) in [6.07, 6.45) is 1.89. The summed E-state index contributed by atoms with van der Waals surface area (Å²) >= 11 is 0. The molecule has 0 aliphatic rings. The third-order valence-corrected chi connectivity index (χ3v) is 2.78. The highest BCUT2D eigenvalue weighted by atomic mass is 16.3. The fourth-order valence-electron chi connectivity index (χ4n) is 2.01. The summed E-state index contributed by atoms with van der Waals surface area (Å²) < 4.78 is 1.91. The summed E-state index contributed by atoms with van der Waals surface area (Å²) in [6, 6.07) is 7.85. The molecule has 2 rings (SSSR count). The lowest BCUT2D eigenvalue weighted by Crippen LogP contribution is -2.32. The number of carbonyl (C=O) groups excluding carboxylic acids is 1. The fourth-order valence-corrected chi connectivity index (χ4v) is 2.01. The lowest BCUT2D eigenvalue weighted by atomic mass is 10.2. The van der Waals surface area contributed by atoms with Gasteiger partial charge in [-0.1, -0.05) is 6.07 Å². The monoisotopic (exact) mass is 246 g/mol. The van der Waals surface area contributed by atoms with E-state index >= 15 is 0 Å². The average molecular weight is 246 g/mol. The predicted octanol–water partition coefficient (Wildman–Crippen LogP) is 1.66. The van der Waals surface area contributed by atoms with Crippen molar-refractivity contribution in [1.29, 1.82) is 0 Å². The zero-order valence-corrected chi connectivity index (χ0v) is 10.7. The zero-order valence-electron chi connectivity index (χ0n) is 10.7. The lowest BCUT2D eigenvalue weighted by molar-refractivity contribution is -0.122. The molecule has 1 aromatic heterocycles. The molecule has 2 N–H and O–H groups in total. The van der Waals surface area contributed by atoms with E-state index in [4.69, 9.17) is 5.11 Å². The maximum Gasteiger partial charge on any atom is 0.240 e. The van der Waals surface area contributed by atoms with Crippen LogP contribution in [0.4, 0.5) is 0 Å². The first-order valence-electron chi connectivity index (χ1n) is 6.08. The van der Waals surface area contributed by atoms with E-state index in [1.165, 1.54) is 0 Å². The molecule has 0 radical (unpaired) electrons. The molecule has 0 saturated carbocycles. The number of hydrogen-bond donors (Lipinski definition) is 2. The Labute approximate surface area is 106 Å². The minimum atomic E-state index is 0.00809. The molecule has 4 nitrogen and oxygen atoms in total. The Morgan fingerprint density at radius 1 is 1.39 bits per heavy atom. The minimum Gasteiger partial charge on any atom is -0.392 e. The van der Waals surface area contributed by atoms with Crippen molar-refractivity contribution in [2.45, 2.75) is 33.0 Å². The van der Waals surface area contributed by atoms with Crippen LogP contribution in [0.15, 0.2) is 30.5 Å². The Kier molecular flexibility index (Phi) is 3.67. The summed E-state index contributed by atoms with van der Waals surface area (Å²) in [5.41, 5.74) is 1.89. The van der Waals surface area contributed by atoms with Crippen molar-refractivity contribution in [2.75, 3.05) is 0 Å². The number of rotatable bonds is 4. The molecule has 0 saturated heterocycles. The second-order valence-corrected chi connectivity index (χ2v) is 4.72. The quantitative estimate of drug-likeness (QED) is 0.862. The Hall–Kier alpha value is -1.81. The van der Waals surface area contributed by atoms with E-state index in [9.17, 15) is 4.79 Å². The minimum absolute atomic E-state index is 0.00809. The smallest absolute Gasteiger partial charge is 0.240 e. The molecule has 0 aliphatic heterocycles. The van der Waals surface area contributed by atoms with Gasteiger partial charge in [0.2, 0.25) is 5.91 Å². The van der Waals surface area contributed by atoms with E-state index in [0.29, 0.717) is 6.54 Å². The number of benzene rings is 1. The van der Waals surface area contributed by atoms with Crippen molar-refractivity contribution >= 4 is 16.8 Å². The largest absolute Gasteiger partial charge is 0.392 e. The maximum absolute atomic E-state index is 11.7. The van der Waals surface area contributed by atoms with Gasteiger partial charge in [-0.15, -0.1) is 0 Å². The van der Waals surface area contributed by atoms with E-state index in [1.807, 2.05) is 48.9 Å². The highest BCUT2D eigenvalue weighted by Gasteiger charge is 2.07. The molecule has 0 aliphatic carbocycles. The number of aromatic nitrogens is 1. The van der Waals surface area contributed by atoms with Crippen LogP contribution in [0.25, 0.3) is 10.9 Å². The van der Waals surface area contributed by atoms with E-state index in [1.54, 1.807) is 0 Å². The summed E-state index contributed by atoms with van der Waals surface area (Å²) in [5.74, 6) is 0.00809. The van der Waals surface area contributed by atoms with Gasteiger partial charge in [-0.25, -0.2) is 0 Å². The van der Waals surface area contributed by atoms with Crippen molar-refractivity contribution in [2.24, 2.45) is 0 Å². The van der Waals surface area contributed by atoms with Crippen molar-refractivity contribution in [3.05, 3.63) is 36.0 Å².